The molecule has 0 unspecified atom stereocenters. The summed E-state index contributed by atoms with van der Waals surface area (Å²) in [5.74, 6) is 1.11. The molecule has 168 valence electrons. The van der Waals surface area contributed by atoms with Gasteiger partial charge in [-0.3, -0.25) is 14.6 Å². The van der Waals surface area contributed by atoms with Gasteiger partial charge in [-0.25, -0.2) is 13.4 Å². The Balaban J connectivity index is 1.99. The van der Waals surface area contributed by atoms with Crippen molar-refractivity contribution in [3.05, 3.63) is 47.0 Å². The van der Waals surface area contributed by atoms with Crippen molar-refractivity contribution >= 4 is 21.6 Å². The second-order valence-corrected chi connectivity index (χ2v) is 11.2. The maximum atomic E-state index is 12.2. The van der Waals surface area contributed by atoms with Crippen molar-refractivity contribution in [3.8, 4) is 11.3 Å². The van der Waals surface area contributed by atoms with E-state index in [1.165, 1.54) is 0 Å². The number of aryl methyl sites for hydroxylation is 2. The molecule has 2 aromatic rings. The van der Waals surface area contributed by atoms with Crippen molar-refractivity contribution < 1.29 is 13.2 Å². The summed E-state index contributed by atoms with van der Waals surface area (Å²) in [5.41, 5.74) is 4.72. The van der Waals surface area contributed by atoms with Crippen LogP contribution in [-0.4, -0.2) is 55.9 Å². The van der Waals surface area contributed by atoms with E-state index < -0.39 is 9.84 Å². The van der Waals surface area contributed by atoms with Crippen molar-refractivity contribution in [1.82, 2.24) is 9.88 Å². The standard InChI is InChI=1S/C24H33N3O3S/c1-7-22(28)26(6)23-18(3)9-11-21(25-23)20-16-19(10-8-17(20)2)24(4,5)27-12-14-31(29,30)15-13-27/h8-11,16H,7,12-15H2,1-6H3. The lowest BCUT2D eigenvalue weighted by molar-refractivity contribution is -0.118. The van der Waals surface area contributed by atoms with Crippen LogP contribution < -0.4 is 4.90 Å². The number of carbonyl (C=O) groups is 1. The highest BCUT2D eigenvalue weighted by atomic mass is 32.2. The molecule has 0 bridgehead atoms. The highest BCUT2D eigenvalue weighted by Gasteiger charge is 2.34. The fourth-order valence-electron chi connectivity index (χ4n) is 4.10. The summed E-state index contributed by atoms with van der Waals surface area (Å²) in [5, 5.41) is 0. The molecule has 7 heteroatoms. The predicted octanol–water partition coefficient (Wildman–Crippen LogP) is 3.70. The Morgan fingerprint density at radius 2 is 1.71 bits per heavy atom. The summed E-state index contributed by atoms with van der Waals surface area (Å²) in [7, 11) is -1.16. The molecule has 0 radical (unpaired) electrons. The molecule has 0 N–H and O–H groups in total. The van der Waals surface area contributed by atoms with E-state index in [0.717, 1.165) is 27.9 Å². The molecule has 1 amide bonds. The Hall–Kier alpha value is -2.25. The van der Waals surface area contributed by atoms with Gasteiger partial charge in [0, 0.05) is 37.7 Å². The number of hydrogen-bond acceptors (Lipinski definition) is 5. The van der Waals surface area contributed by atoms with E-state index in [9.17, 15) is 13.2 Å². The zero-order chi connectivity index (χ0) is 23.0. The summed E-state index contributed by atoms with van der Waals surface area (Å²) in [6.07, 6.45) is 0.427. The third kappa shape index (κ3) is 4.83. The number of rotatable bonds is 5. The van der Waals surface area contributed by atoms with Gasteiger partial charge in [-0.1, -0.05) is 25.1 Å². The van der Waals surface area contributed by atoms with Crippen LogP contribution in [-0.2, 0) is 20.2 Å². The van der Waals surface area contributed by atoms with E-state index in [1.807, 2.05) is 26.0 Å². The lowest BCUT2D eigenvalue weighted by Gasteiger charge is -2.41. The first-order valence-corrected chi connectivity index (χ1v) is 12.6. The number of hydrogen-bond donors (Lipinski definition) is 0. The highest BCUT2D eigenvalue weighted by molar-refractivity contribution is 7.91. The summed E-state index contributed by atoms with van der Waals surface area (Å²) < 4.78 is 23.7. The number of amides is 1. The van der Waals surface area contributed by atoms with Gasteiger partial charge in [0.05, 0.1) is 17.2 Å². The number of sulfone groups is 1. The number of aromatic nitrogens is 1. The minimum absolute atomic E-state index is 0.0272. The number of anilines is 1. The van der Waals surface area contributed by atoms with Gasteiger partial charge in [-0.05, 0) is 56.5 Å². The molecule has 2 heterocycles. The van der Waals surface area contributed by atoms with Gasteiger partial charge in [0.2, 0.25) is 5.91 Å². The Bertz CT molecular complexity index is 1080. The monoisotopic (exact) mass is 443 g/mol. The second-order valence-electron chi connectivity index (χ2n) is 8.87. The fraction of sp³-hybridized carbons (Fsp3) is 0.500. The van der Waals surface area contributed by atoms with Gasteiger partial charge in [0.25, 0.3) is 0 Å². The van der Waals surface area contributed by atoms with Crippen molar-refractivity contribution in [3.63, 3.8) is 0 Å². The topological polar surface area (TPSA) is 70.6 Å². The van der Waals surface area contributed by atoms with Crippen LogP contribution in [0.3, 0.4) is 0 Å². The van der Waals surface area contributed by atoms with E-state index in [-0.39, 0.29) is 23.0 Å². The molecule has 0 saturated carbocycles. The molecule has 0 spiro atoms. The van der Waals surface area contributed by atoms with Crippen molar-refractivity contribution in [2.24, 2.45) is 0 Å². The first kappa shape index (κ1) is 23.4. The maximum Gasteiger partial charge on any atom is 0.227 e. The lowest BCUT2D eigenvalue weighted by atomic mass is 9.88. The first-order valence-electron chi connectivity index (χ1n) is 10.8. The molecule has 6 nitrogen and oxygen atoms in total. The summed E-state index contributed by atoms with van der Waals surface area (Å²) in [6, 6.07) is 10.4. The SMILES string of the molecule is CCC(=O)N(C)c1nc(-c2cc(C(C)(C)N3CCS(=O)(=O)CC3)ccc2C)ccc1C. The first-order chi connectivity index (χ1) is 14.5. The molecule has 1 aromatic carbocycles. The smallest absolute Gasteiger partial charge is 0.227 e. The number of benzene rings is 1. The highest BCUT2D eigenvalue weighted by Crippen LogP contribution is 2.34. The van der Waals surface area contributed by atoms with Gasteiger partial charge in [-0.2, -0.15) is 0 Å². The fourth-order valence-corrected chi connectivity index (χ4v) is 5.30. The predicted molar refractivity (Wildman–Crippen MR) is 126 cm³/mol. The minimum Gasteiger partial charge on any atom is -0.300 e. The minimum atomic E-state index is -2.93. The molecule has 0 atom stereocenters. The number of nitrogens with zero attached hydrogens (tertiary/aromatic N) is 3. The van der Waals surface area contributed by atoms with E-state index >= 15 is 0 Å². The van der Waals surface area contributed by atoms with E-state index in [4.69, 9.17) is 4.98 Å². The van der Waals surface area contributed by atoms with Gasteiger partial charge >= 0.3 is 0 Å². The molecule has 1 aliphatic rings. The van der Waals surface area contributed by atoms with Crippen LogP contribution in [0.2, 0.25) is 0 Å². The second kappa shape index (κ2) is 8.71. The van der Waals surface area contributed by atoms with Gasteiger partial charge in [0.15, 0.2) is 9.84 Å². The average molecular weight is 444 g/mol. The Morgan fingerprint density at radius 3 is 2.32 bits per heavy atom. The molecule has 1 saturated heterocycles. The number of carbonyl (C=O) groups excluding carboxylic acids is 1. The van der Waals surface area contributed by atoms with E-state index in [1.54, 1.807) is 11.9 Å². The average Bonchev–Trinajstić information content (AvgIpc) is 2.73. The molecular weight excluding hydrogens is 410 g/mol. The molecular formula is C24H33N3O3S. The Labute approximate surface area is 186 Å². The summed E-state index contributed by atoms with van der Waals surface area (Å²) in [4.78, 5) is 20.9. The van der Waals surface area contributed by atoms with Crippen molar-refractivity contribution in [2.45, 2.75) is 46.6 Å². The molecule has 31 heavy (non-hydrogen) atoms. The van der Waals surface area contributed by atoms with Crippen LogP contribution >= 0.6 is 0 Å². The third-order valence-corrected chi connectivity index (χ3v) is 8.03. The van der Waals surface area contributed by atoms with Crippen LogP contribution in [0.1, 0.15) is 43.9 Å². The van der Waals surface area contributed by atoms with Crippen LogP contribution in [0.15, 0.2) is 30.3 Å². The number of pyridine rings is 1. The van der Waals surface area contributed by atoms with Gasteiger partial charge in [-0.15, -0.1) is 0 Å². The molecule has 3 rings (SSSR count). The van der Waals surface area contributed by atoms with Crippen LogP contribution in [0, 0.1) is 13.8 Å². The van der Waals surface area contributed by atoms with E-state index in [0.29, 0.717) is 25.3 Å². The Morgan fingerprint density at radius 1 is 1.10 bits per heavy atom. The van der Waals surface area contributed by atoms with Crippen LogP contribution in [0.4, 0.5) is 5.82 Å². The quantitative estimate of drug-likeness (QED) is 0.705. The maximum absolute atomic E-state index is 12.2. The molecule has 1 fully saturated rings. The summed E-state index contributed by atoms with van der Waals surface area (Å²) >= 11 is 0. The molecule has 1 aliphatic heterocycles. The van der Waals surface area contributed by atoms with E-state index in [2.05, 4.69) is 43.9 Å². The van der Waals surface area contributed by atoms with Gasteiger partial charge in [0.1, 0.15) is 5.82 Å². The van der Waals surface area contributed by atoms with Crippen LogP contribution in [0.5, 0.6) is 0 Å². The van der Waals surface area contributed by atoms with Crippen molar-refractivity contribution in [2.75, 3.05) is 36.5 Å². The van der Waals surface area contributed by atoms with Crippen LogP contribution in [0.25, 0.3) is 11.3 Å². The third-order valence-electron chi connectivity index (χ3n) is 6.42. The zero-order valence-electron chi connectivity index (χ0n) is 19.4. The lowest BCUT2D eigenvalue weighted by Crippen LogP contribution is -2.49. The summed E-state index contributed by atoms with van der Waals surface area (Å²) in [6.45, 7) is 11.2. The molecule has 1 aromatic heterocycles. The molecule has 0 aliphatic carbocycles. The normalized spacial score (nSPS) is 16.8. The largest absolute Gasteiger partial charge is 0.300 e. The van der Waals surface area contributed by atoms with Crippen molar-refractivity contribution in [1.29, 1.82) is 0 Å². The Kier molecular flexibility index (Phi) is 6.58. The zero-order valence-corrected chi connectivity index (χ0v) is 20.2. The van der Waals surface area contributed by atoms with Gasteiger partial charge < -0.3 is 0 Å².